The standard InChI is InChI=1S/C20H19N5O2/c1-13-8-15-4-2-3-5-16(15)25(13)19-11-22-24-20(23-19)21-10-14-6-7-17-18(9-14)27-12-26-17/h2-7,9,11,13H,8,10,12H2,1H3,(H,21,23,24). The van der Waals surface area contributed by atoms with Gasteiger partial charge in [-0.15, -0.1) is 5.10 Å². The number of para-hydroxylation sites is 1. The van der Waals surface area contributed by atoms with Gasteiger partial charge in [0.05, 0.1) is 6.20 Å². The first-order valence-corrected chi connectivity index (χ1v) is 8.97. The average Bonchev–Trinajstić information content (AvgIpc) is 3.29. The molecule has 2 aliphatic heterocycles. The second-order valence-electron chi connectivity index (χ2n) is 6.73. The smallest absolute Gasteiger partial charge is 0.244 e. The molecule has 0 saturated heterocycles. The zero-order valence-electron chi connectivity index (χ0n) is 14.9. The number of nitrogens with one attached hydrogen (secondary N) is 1. The Bertz CT molecular complexity index is 994. The summed E-state index contributed by atoms with van der Waals surface area (Å²) in [4.78, 5) is 6.89. The third-order valence-electron chi connectivity index (χ3n) is 4.89. The lowest BCUT2D eigenvalue weighted by Crippen LogP contribution is -2.25. The van der Waals surface area contributed by atoms with Gasteiger partial charge >= 0.3 is 0 Å². The van der Waals surface area contributed by atoms with Crippen LogP contribution in [0.15, 0.2) is 48.7 Å². The third kappa shape index (κ3) is 2.91. The van der Waals surface area contributed by atoms with Crippen LogP contribution in [0.1, 0.15) is 18.1 Å². The zero-order valence-corrected chi connectivity index (χ0v) is 14.9. The number of ether oxygens (including phenoxy) is 2. The van der Waals surface area contributed by atoms with Crippen LogP contribution in [-0.2, 0) is 13.0 Å². The minimum Gasteiger partial charge on any atom is -0.454 e. The van der Waals surface area contributed by atoms with E-state index in [0.29, 0.717) is 18.5 Å². The summed E-state index contributed by atoms with van der Waals surface area (Å²) in [5.74, 6) is 2.85. The molecule has 3 aromatic rings. The Hall–Kier alpha value is -3.35. The topological polar surface area (TPSA) is 72.4 Å². The van der Waals surface area contributed by atoms with Crippen LogP contribution in [0.4, 0.5) is 17.5 Å². The SMILES string of the molecule is CC1Cc2ccccc2N1c1cnnc(NCc2ccc3c(c2)OCO3)n1. The van der Waals surface area contributed by atoms with Crippen molar-refractivity contribution < 1.29 is 9.47 Å². The minimum absolute atomic E-state index is 0.275. The van der Waals surface area contributed by atoms with Crippen molar-refractivity contribution in [2.45, 2.75) is 25.9 Å². The number of fused-ring (bicyclic) bond motifs is 2. The van der Waals surface area contributed by atoms with Gasteiger partial charge in [0, 0.05) is 18.3 Å². The molecule has 1 atom stereocenters. The third-order valence-corrected chi connectivity index (χ3v) is 4.89. The molecule has 0 saturated carbocycles. The van der Waals surface area contributed by atoms with Gasteiger partial charge in [-0.1, -0.05) is 24.3 Å². The lowest BCUT2D eigenvalue weighted by atomic mass is 10.1. The molecule has 1 N–H and O–H groups in total. The zero-order chi connectivity index (χ0) is 18.2. The Morgan fingerprint density at radius 3 is 3.00 bits per heavy atom. The van der Waals surface area contributed by atoms with Crippen molar-refractivity contribution in [1.29, 1.82) is 0 Å². The lowest BCUT2D eigenvalue weighted by Gasteiger charge is -2.23. The molecule has 27 heavy (non-hydrogen) atoms. The maximum atomic E-state index is 5.42. The number of hydrogen-bond acceptors (Lipinski definition) is 7. The molecule has 2 aromatic carbocycles. The van der Waals surface area contributed by atoms with E-state index in [2.05, 4.69) is 56.6 Å². The van der Waals surface area contributed by atoms with E-state index in [9.17, 15) is 0 Å². The highest BCUT2D eigenvalue weighted by molar-refractivity contribution is 5.68. The maximum absolute atomic E-state index is 5.42. The second-order valence-corrected chi connectivity index (χ2v) is 6.73. The quantitative estimate of drug-likeness (QED) is 0.764. The Kier molecular flexibility index (Phi) is 3.78. The number of rotatable bonds is 4. The summed E-state index contributed by atoms with van der Waals surface area (Å²) in [6.45, 7) is 3.05. The Morgan fingerprint density at radius 2 is 2.04 bits per heavy atom. The molecule has 1 aromatic heterocycles. The molecule has 0 fully saturated rings. The molecule has 3 heterocycles. The molecule has 0 bridgehead atoms. The van der Waals surface area contributed by atoms with Gasteiger partial charge < -0.3 is 19.7 Å². The van der Waals surface area contributed by atoms with E-state index in [1.165, 1.54) is 11.3 Å². The number of benzene rings is 2. The first-order chi connectivity index (χ1) is 13.3. The van der Waals surface area contributed by atoms with E-state index in [-0.39, 0.29) is 6.79 Å². The predicted octanol–water partition coefficient (Wildman–Crippen LogP) is 3.30. The molecule has 136 valence electrons. The summed E-state index contributed by atoms with van der Waals surface area (Å²) in [7, 11) is 0. The normalized spacial score (nSPS) is 17.1. The summed E-state index contributed by atoms with van der Waals surface area (Å²) in [6.07, 6.45) is 2.71. The summed E-state index contributed by atoms with van der Waals surface area (Å²) < 4.78 is 10.8. The van der Waals surface area contributed by atoms with E-state index < -0.39 is 0 Å². The Balaban J connectivity index is 1.35. The first-order valence-electron chi connectivity index (χ1n) is 8.97. The highest BCUT2D eigenvalue weighted by Gasteiger charge is 2.28. The highest BCUT2D eigenvalue weighted by Crippen LogP contribution is 2.37. The molecular weight excluding hydrogens is 342 g/mol. The largest absolute Gasteiger partial charge is 0.454 e. The number of hydrogen-bond donors (Lipinski definition) is 1. The second kappa shape index (κ2) is 6.42. The van der Waals surface area contributed by atoms with Crippen LogP contribution in [0.2, 0.25) is 0 Å². The fourth-order valence-corrected chi connectivity index (χ4v) is 3.63. The number of anilines is 3. The monoisotopic (exact) mass is 361 g/mol. The van der Waals surface area contributed by atoms with E-state index in [1.54, 1.807) is 6.20 Å². The first kappa shape index (κ1) is 15.9. The minimum atomic E-state index is 0.275. The van der Waals surface area contributed by atoms with Crippen LogP contribution in [0.3, 0.4) is 0 Å². The molecular formula is C20H19N5O2. The summed E-state index contributed by atoms with van der Waals surface area (Å²) in [6, 6.07) is 14.6. The van der Waals surface area contributed by atoms with E-state index in [4.69, 9.17) is 9.47 Å². The highest BCUT2D eigenvalue weighted by atomic mass is 16.7. The molecule has 1 unspecified atom stereocenters. The van der Waals surface area contributed by atoms with Crippen LogP contribution in [-0.4, -0.2) is 28.0 Å². The number of aromatic nitrogens is 3. The van der Waals surface area contributed by atoms with Crippen LogP contribution in [0.5, 0.6) is 11.5 Å². The van der Waals surface area contributed by atoms with Crippen LogP contribution in [0, 0.1) is 0 Å². The molecule has 0 radical (unpaired) electrons. The fourth-order valence-electron chi connectivity index (χ4n) is 3.63. The van der Waals surface area contributed by atoms with Crippen molar-refractivity contribution in [3.05, 3.63) is 59.8 Å². The molecule has 0 amide bonds. The fraction of sp³-hybridized carbons (Fsp3) is 0.250. The average molecular weight is 361 g/mol. The van der Waals surface area contributed by atoms with Gasteiger partial charge in [0.1, 0.15) is 0 Å². The summed E-state index contributed by atoms with van der Waals surface area (Å²) in [5.41, 5.74) is 3.58. The molecule has 7 nitrogen and oxygen atoms in total. The van der Waals surface area contributed by atoms with Gasteiger partial charge in [-0.2, -0.15) is 10.1 Å². The van der Waals surface area contributed by atoms with Crippen LogP contribution < -0.4 is 19.7 Å². The van der Waals surface area contributed by atoms with E-state index in [0.717, 1.165) is 29.3 Å². The van der Waals surface area contributed by atoms with Crippen molar-refractivity contribution in [1.82, 2.24) is 15.2 Å². The predicted molar refractivity (Wildman–Crippen MR) is 101 cm³/mol. The van der Waals surface area contributed by atoms with Gasteiger partial charge in [0.2, 0.25) is 12.7 Å². The molecule has 0 spiro atoms. The summed E-state index contributed by atoms with van der Waals surface area (Å²) >= 11 is 0. The van der Waals surface area contributed by atoms with Gasteiger partial charge in [0.25, 0.3) is 0 Å². The van der Waals surface area contributed by atoms with Crippen molar-refractivity contribution in [3.8, 4) is 11.5 Å². The summed E-state index contributed by atoms with van der Waals surface area (Å²) in [5, 5.41) is 11.5. The molecule has 2 aliphatic rings. The van der Waals surface area contributed by atoms with Crippen LogP contribution in [0.25, 0.3) is 0 Å². The molecule has 7 heteroatoms. The Labute approximate surface area is 157 Å². The van der Waals surface area contributed by atoms with Gasteiger partial charge in [-0.3, -0.25) is 0 Å². The van der Waals surface area contributed by atoms with Crippen molar-refractivity contribution in [2.24, 2.45) is 0 Å². The van der Waals surface area contributed by atoms with E-state index >= 15 is 0 Å². The van der Waals surface area contributed by atoms with Crippen molar-refractivity contribution >= 4 is 17.5 Å². The van der Waals surface area contributed by atoms with Gasteiger partial charge in [0.15, 0.2) is 17.3 Å². The van der Waals surface area contributed by atoms with Gasteiger partial charge in [-0.05, 0) is 42.7 Å². The van der Waals surface area contributed by atoms with Crippen LogP contribution >= 0.6 is 0 Å². The molecule has 0 aliphatic carbocycles. The molecule has 5 rings (SSSR count). The van der Waals surface area contributed by atoms with E-state index in [1.807, 2.05) is 18.2 Å². The number of nitrogens with zero attached hydrogens (tertiary/aromatic N) is 4. The lowest BCUT2D eigenvalue weighted by molar-refractivity contribution is 0.174. The van der Waals surface area contributed by atoms with Crippen molar-refractivity contribution in [3.63, 3.8) is 0 Å². The van der Waals surface area contributed by atoms with Crippen molar-refractivity contribution in [2.75, 3.05) is 17.0 Å². The maximum Gasteiger partial charge on any atom is 0.244 e. The van der Waals surface area contributed by atoms with Gasteiger partial charge in [-0.25, -0.2) is 0 Å². The Morgan fingerprint density at radius 1 is 1.15 bits per heavy atom.